The van der Waals surface area contributed by atoms with Crippen molar-refractivity contribution in [2.75, 3.05) is 6.54 Å². The summed E-state index contributed by atoms with van der Waals surface area (Å²) in [6.07, 6.45) is 29.0. The Hall–Kier alpha value is -2.99. The largest absolute Gasteiger partial charge is 0.453 e. The number of ketones is 1. The third-order valence-electron chi connectivity index (χ3n) is 14.0. The minimum Gasteiger partial charge on any atom is -0.453 e. The number of benzene rings is 1. The van der Waals surface area contributed by atoms with E-state index in [1.54, 1.807) is 0 Å². The number of ether oxygens (including phenoxy) is 2. The van der Waals surface area contributed by atoms with Crippen LogP contribution in [0.3, 0.4) is 0 Å². The zero-order valence-electron chi connectivity index (χ0n) is 28.5. The third kappa shape index (κ3) is 4.56. The van der Waals surface area contributed by atoms with E-state index >= 15 is 0 Å². The van der Waals surface area contributed by atoms with Gasteiger partial charge in [0.15, 0.2) is 17.5 Å². The van der Waals surface area contributed by atoms with Gasteiger partial charge in [-0.05, 0) is 100.0 Å². The molecule has 8 rings (SSSR count). The van der Waals surface area contributed by atoms with Crippen molar-refractivity contribution in [3.05, 3.63) is 71.3 Å². The van der Waals surface area contributed by atoms with Crippen LogP contribution in [0, 0.1) is 40.4 Å². The molecule has 6 nitrogen and oxygen atoms in total. The van der Waals surface area contributed by atoms with E-state index in [1.807, 2.05) is 18.2 Å². The Morgan fingerprint density at radius 3 is 2.65 bits per heavy atom. The van der Waals surface area contributed by atoms with Crippen molar-refractivity contribution in [2.45, 2.75) is 121 Å². The third-order valence-corrected chi connectivity index (χ3v) is 14.0. The fourth-order valence-corrected chi connectivity index (χ4v) is 12.1. The smallest absolute Gasteiger partial charge is 0.339 e. The summed E-state index contributed by atoms with van der Waals surface area (Å²) in [6.45, 7) is 0.542. The molecular formula is C42H53NO5. The van der Waals surface area contributed by atoms with Gasteiger partial charge in [-0.15, -0.1) is 0 Å². The summed E-state index contributed by atoms with van der Waals surface area (Å²) in [4.78, 5) is 43.0. The number of allylic oxidation sites excluding steroid dienone is 5. The van der Waals surface area contributed by atoms with Crippen LogP contribution in [0.15, 0.2) is 54.7 Å². The maximum atomic E-state index is 14.5. The van der Waals surface area contributed by atoms with Gasteiger partial charge >= 0.3 is 11.9 Å². The second-order valence-corrected chi connectivity index (χ2v) is 16.1. The zero-order valence-corrected chi connectivity index (χ0v) is 28.5. The molecule has 2 aliphatic heterocycles. The van der Waals surface area contributed by atoms with E-state index in [2.05, 4.69) is 36.5 Å². The van der Waals surface area contributed by atoms with Crippen LogP contribution >= 0.6 is 0 Å². The van der Waals surface area contributed by atoms with E-state index in [9.17, 15) is 14.4 Å². The number of rotatable bonds is 11. The maximum absolute atomic E-state index is 14.5. The number of fused-ring (bicyclic) bond motifs is 3. The molecule has 1 saturated heterocycles. The fourth-order valence-electron chi connectivity index (χ4n) is 12.1. The number of hydrogen-bond donors (Lipinski definition) is 1. The van der Waals surface area contributed by atoms with Crippen LogP contribution in [0.4, 0.5) is 0 Å². The SMILES string of the molecule is NCCCc1cccc2c1C(=O)OC21C(CCC2CCCCC2)C23C=CCCC21C(C(=O)CCCC1CCCC2C=CC=CC21)OC3=O. The average Bonchev–Trinajstić information content (AvgIpc) is 3.57. The highest BCUT2D eigenvalue weighted by atomic mass is 16.6. The molecule has 0 amide bonds. The minimum absolute atomic E-state index is 0.000794. The van der Waals surface area contributed by atoms with Gasteiger partial charge in [-0.3, -0.25) is 9.59 Å². The van der Waals surface area contributed by atoms with Crippen molar-refractivity contribution in [2.24, 2.45) is 46.2 Å². The molecule has 1 aromatic carbocycles. The van der Waals surface area contributed by atoms with Gasteiger partial charge in [0.2, 0.25) is 0 Å². The number of carbonyl (C=O) groups is 3. The molecule has 256 valence electrons. The second-order valence-electron chi connectivity index (χ2n) is 16.1. The first-order valence-electron chi connectivity index (χ1n) is 19.3. The summed E-state index contributed by atoms with van der Waals surface area (Å²) in [5.74, 6) is 1.51. The van der Waals surface area contributed by atoms with Crippen LogP contribution in [0.25, 0.3) is 0 Å². The van der Waals surface area contributed by atoms with Gasteiger partial charge in [0.1, 0.15) is 5.41 Å². The standard InChI is InChI=1S/C42H53NO5/c43-27-11-19-31-18-9-21-33-36(31)38(45)48-42(33)35(24-23-28-12-2-1-3-13-28)40-25-6-7-26-41(40,42)37(47-39(40)46)34(44)22-10-17-30-16-8-15-29-14-4-5-20-32(29)30/h4-6,9,14,18,20-21,25,28-30,32,35,37H,1-3,7-8,10-13,15-17,19,22-24,26-27,43H2. The van der Waals surface area contributed by atoms with Gasteiger partial charge in [-0.25, -0.2) is 4.79 Å². The quantitative estimate of drug-likeness (QED) is 0.192. The van der Waals surface area contributed by atoms with Gasteiger partial charge < -0.3 is 15.2 Å². The van der Waals surface area contributed by atoms with Crippen molar-refractivity contribution < 1.29 is 23.9 Å². The minimum atomic E-state index is -1.06. The monoisotopic (exact) mass is 651 g/mol. The molecule has 8 unspecified atom stereocenters. The Labute approximate surface area is 286 Å². The van der Waals surface area contributed by atoms with E-state index in [0.717, 1.165) is 49.7 Å². The molecule has 1 spiro atoms. The van der Waals surface area contributed by atoms with Crippen LogP contribution in [-0.2, 0) is 31.1 Å². The first kappa shape index (κ1) is 32.2. The van der Waals surface area contributed by atoms with Gasteiger partial charge in [-0.2, -0.15) is 0 Å². The van der Waals surface area contributed by atoms with E-state index in [0.29, 0.717) is 55.0 Å². The molecule has 7 aliphatic rings. The van der Waals surface area contributed by atoms with Crippen molar-refractivity contribution in [3.63, 3.8) is 0 Å². The van der Waals surface area contributed by atoms with Gasteiger partial charge in [0, 0.05) is 17.9 Å². The summed E-state index contributed by atoms with van der Waals surface area (Å²) in [7, 11) is 0. The van der Waals surface area contributed by atoms with Crippen molar-refractivity contribution in [1.82, 2.24) is 0 Å². The molecule has 5 aliphatic carbocycles. The topological polar surface area (TPSA) is 95.7 Å². The number of Topliss-reactive ketones (excluding diaryl/α,β-unsaturated/α-hetero) is 1. The van der Waals surface area contributed by atoms with E-state index in [-0.39, 0.29) is 23.6 Å². The van der Waals surface area contributed by atoms with Gasteiger partial charge in [0.05, 0.1) is 11.0 Å². The Balaban J connectivity index is 1.13. The number of cyclic esters (lactones) is 1. The lowest BCUT2D eigenvalue weighted by molar-refractivity contribution is -0.292. The second kappa shape index (κ2) is 12.7. The molecule has 4 fully saturated rings. The fraction of sp³-hybridized carbons (Fsp3) is 0.643. The molecule has 0 bridgehead atoms. The van der Waals surface area contributed by atoms with Gasteiger partial charge in [0.25, 0.3) is 0 Å². The van der Waals surface area contributed by atoms with Crippen LogP contribution in [0.2, 0.25) is 0 Å². The van der Waals surface area contributed by atoms with Crippen molar-refractivity contribution in [1.29, 1.82) is 0 Å². The summed E-state index contributed by atoms with van der Waals surface area (Å²) < 4.78 is 13.1. The van der Waals surface area contributed by atoms with E-state index in [1.165, 1.54) is 51.4 Å². The molecule has 0 radical (unpaired) electrons. The molecule has 48 heavy (non-hydrogen) atoms. The Bertz CT molecular complexity index is 1540. The molecule has 8 atom stereocenters. The van der Waals surface area contributed by atoms with Crippen LogP contribution in [-0.4, -0.2) is 30.4 Å². The summed E-state index contributed by atoms with van der Waals surface area (Å²) in [5.41, 5.74) is 5.43. The highest BCUT2D eigenvalue weighted by Gasteiger charge is 2.92. The van der Waals surface area contributed by atoms with E-state index in [4.69, 9.17) is 15.2 Å². The van der Waals surface area contributed by atoms with E-state index < -0.39 is 22.5 Å². The molecular weight excluding hydrogens is 598 g/mol. The normalized spacial score (nSPS) is 37.7. The van der Waals surface area contributed by atoms with Gasteiger partial charge in [-0.1, -0.05) is 93.2 Å². The summed E-state index contributed by atoms with van der Waals surface area (Å²) >= 11 is 0. The highest BCUT2D eigenvalue weighted by Crippen LogP contribution is 2.83. The predicted octanol–water partition coefficient (Wildman–Crippen LogP) is 8.08. The molecule has 3 saturated carbocycles. The van der Waals surface area contributed by atoms with Crippen LogP contribution in [0.1, 0.15) is 124 Å². The number of nitrogens with two attached hydrogens (primary N) is 1. The Morgan fingerprint density at radius 1 is 0.938 bits per heavy atom. The lowest BCUT2D eigenvalue weighted by Gasteiger charge is -2.69. The molecule has 6 heteroatoms. The van der Waals surface area contributed by atoms with Crippen molar-refractivity contribution in [3.8, 4) is 0 Å². The van der Waals surface area contributed by atoms with Crippen molar-refractivity contribution >= 4 is 17.7 Å². The summed E-state index contributed by atoms with van der Waals surface area (Å²) in [6, 6.07) is 6.09. The number of hydrogen-bond acceptors (Lipinski definition) is 6. The molecule has 2 heterocycles. The number of esters is 2. The summed E-state index contributed by atoms with van der Waals surface area (Å²) in [5, 5.41) is 0. The van der Waals surface area contributed by atoms with Crippen LogP contribution < -0.4 is 5.73 Å². The zero-order chi connectivity index (χ0) is 32.9. The predicted molar refractivity (Wildman–Crippen MR) is 185 cm³/mol. The highest BCUT2D eigenvalue weighted by molar-refractivity contribution is 6.01. The number of carbonyl (C=O) groups excluding carboxylic acids is 3. The maximum Gasteiger partial charge on any atom is 0.339 e. The lowest BCUT2D eigenvalue weighted by atomic mass is 9.31. The van der Waals surface area contributed by atoms with Crippen LogP contribution in [0.5, 0.6) is 0 Å². The molecule has 1 aromatic rings. The Kier molecular flexibility index (Phi) is 8.54. The first-order valence-corrected chi connectivity index (χ1v) is 19.3. The number of aryl methyl sites for hydroxylation is 1. The molecule has 2 N–H and O–H groups in total. The average molecular weight is 652 g/mol. The first-order chi connectivity index (χ1) is 23.5. The Morgan fingerprint density at radius 2 is 1.79 bits per heavy atom. The molecule has 0 aromatic heterocycles. The lowest BCUT2D eigenvalue weighted by Crippen LogP contribution is -2.77.